The molecule has 0 saturated carbocycles. The molecule has 0 aliphatic rings. The predicted molar refractivity (Wildman–Crippen MR) is 102 cm³/mol. The molecule has 2 N–H and O–H groups in total. The van der Waals surface area contributed by atoms with Crippen molar-refractivity contribution in [2.24, 2.45) is 5.92 Å². The first-order valence-corrected chi connectivity index (χ1v) is 9.30. The quantitative estimate of drug-likeness (QED) is 0.674. The smallest absolute Gasteiger partial charge is 0.259 e. The van der Waals surface area contributed by atoms with Crippen LogP contribution in [0.2, 0.25) is 0 Å². The standard InChI is InChI=1S/C19H22FN3OS/c1-4-11(2)9-15-12(3)25-19-17(15)18(24)22-16(23-19)10-21-14-7-5-13(20)6-8-14/h5-8,11,21H,4,9-10H2,1-3H3,(H,22,23,24)/t11-/m1/s1. The zero-order valence-electron chi connectivity index (χ0n) is 14.6. The molecule has 0 unspecified atom stereocenters. The number of hydrogen-bond donors (Lipinski definition) is 2. The molecule has 0 amide bonds. The first kappa shape index (κ1) is 17.6. The summed E-state index contributed by atoms with van der Waals surface area (Å²) in [6.45, 7) is 6.80. The Balaban J connectivity index is 1.86. The van der Waals surface area contributed by atoms with E-state index < -0.39 is 0 Å². The molecule has 6 heteroatoms. The highest BCUT2D eigenvalue weighted by atomic mass is 32.1. The van der Waals surface area contributed by atoms with E-state index in [0.717, 1.165) is 39.2 Å². The molecule has 132 valence electrons. The summed E-state index contributed by atoms with van der Waals surface area (Å²) in [6.07, 6.45) is 1.99. The highest BCUT2D eigenvalue weighted by molar-refractivity contribution is 7.18. The van der Waals surface area contributed by atoms with E-state index in [1.807, 2.05) is 0 Å². The minimum atomic E-state index is -0.276. The second-order valence-corrected chi connectivity index (χ2v) is 7.61. The van der Waals surface area contributed by atoms with Crippen molar-refractivity contribution in [3.8, 4) is 0 Å². The number of H-pyrrole nitrogens is 1. The molecule has 25 heavy (non-hydrogen) atoms. The van der Waals surface area contributed by atoms with E-state index in [9.17, 15) is 9.18 Å². The third-order valence-corrected chi connectivity index (χ3v) is 5.51. The van der Waals surface area contributed by atoms with Gasteiger partial charge in [-0.15, -0.1) is 11.3 Å². The van der Waals surface area contributed by atoms with Crippen LogP contribution in [-0.2, 0) is 13.0 Å². The summed E-state index contributed by atoms with van der Waals surface area (Å²) >= 11 is 1.57. The molecule has 1 aromatic carbocycles. The number of anilines is 1. The average Bonchev–Trinajstić information content (AvgIpc) is 2.90. The molecular weight excluding hydrogens is 337 g/mol. The number of aryl methyl sites for hydroxylation is 1. The topological polar surface area (TPSA) is 57.8 Å². The van der Waals surface area contributed by atoms with Crippen LogP contribution >= 0.6 is 11.3 Å². The molecule has 0 radical (unpaired) electrons. The van der Waals surface area contributed by atoms with Gasteiger partial charge in [-0.05, 0) is 49.1 Å². The molecule has 2 heterocycles. The van der Waals surface area contributed by atoms with E-state index >= 15 is 0 Å². The molecule has 3 rings (SSSR count). The number of halogens is 1. The van der Waals surface area contributed by atoms with Crippen LogP contribution in [0, 0.1) is 18.7 Å². The fourth-order valence-electron chi connectivity index (χ4n) is 2.80. The summed E-state index contributed by atoms with van der Waals surface area (Å²) in [6, 6.07) is 6.11. The Bertz CT molecular complexity index is 930. The van der Waals surface area contributed by atoms with Crippen LogP contribution in [0.15, 0.2) is 29.1 Å². The van der Waals surface area contributed by atoms with Crippen LogP contribution in [0.4, 0.5) is 10.1 Å². The third kappa shape index (κ3) is 3.90. The lowest BCUT2D eigenvalue weighted by molar-refractivity contribution is 0.561. The van der Waals surface area contributed by atoms with Gasteiger partial charge < -0.3 is 10.3 Å². The maximum absolute atomic E-state index is 12.9. The third-order valence-electron chi connectivity index (χ3n) is 4.47. The van der Waals surface area contributed by atoms with Gasteiger partial charge >= 0.3 is 0 Å². The van der Waals surface area contributed by atoms with E-state index in [2.05, 4.69) is 36.1 Å². The number of thiophene rings is 1. The zero-order valence-corrected chi connectivity index (χ0v) is 15.5. The van der Waals surface area contributed by atoms with E-state index in [1.165, 1.54) is 12.1 Å². The van der Waals surface area contributed by atoms with Gasteiger partial charge in [0.05, 0.1) is 11.9 Å². The summed E-state index contributed by atoms with van der Waals surface area (Å²) in [4.78, 5) is 22.0. The summed E-state index contributed by atoms with van der Waals surface area (Å²) in [5.41, 5.74) is 1.83. The van der Waals surface area contributed by atoms with Gasteiger partial charge in [-0.3, -0.25) is 4.79 Å². The van der Waals surface area contributed by atoms with E-state index in [1.54, 1.807) is 23.5 Å². The summed E-state index contributed by atoms with van der Waals surface area (Å²) < 4.78 is 12.9. The van der Waals surface area contributed by atoms with Crippen LogP contribution in [-0.4, -0.2) is 9.97 Å². The Morgan fingerprint density at radius 1 is 1.32 bits per heavy atom. The van der Waals surface area contributed by atoms with Gasteiger partial charge in [0.1, 0.15) is 16.5 Å². The fourth-order valence-corrected chi connectivity index (χ4v) is 3.87. The molecule has 0 bridgehead atoms. The minimum absolute atomic E-state index is 0.0800. The lowest BCUT2D eigenvalue weighted by atomic mass is 9.98. The molecule has 2 aromatic heterocycles. The monoisotopic (exact) mass is 359 g/mol. The predicted octanol–water partition coefficient (Wildman–Crippen LogP) is 4.63. The number of hydrogen-bond acceptors (Lipinski definition) is 4. The van der Waals surface area contributed by atoms with Gasteiger partial charge in [-0.1, -0.05) is 20.3 Å². The molecule has 3 aromatic rings. The van der Waals surface area contributed by atoms with E-state index in [4.69, 9.17) is 0 Å². The van der Waals surface area contributed by atoms with E-state index in [0.29, 0.717) is 18.3 Å². The average molecular weight is 359 g/mol. The second kappa shape index (κ2) is 7.35. The number of fused-ring (bicyclic) bond motifs is 1. The van der Waals surface area contributed by atoms with Crippen molar-refractivity contribution in [2.75, 3.05) is 5.32 Å². The van der Waals surface area contributed by atoms with Crippen molar-refractivity contribution >= 4 is 27.2 Å². The lowest BCUT2D eigenvalue weighted by Crippen LogP contribution is -2.15. The summed E-state index contributed by atoms with van der Waals surface area (Å²) in [7, 11) is 0. The molecule has 0 spiro atoms. The highest BCUT2D eigenvalue weighted by Crippen LogP contribution is 2.29. The summed E-state index contributed by atoms with van der Waals surface area (Å²) in [5, 5.41) is 3.88. The normalized spacial score (nSPS) is 12.5. The minimum Gasteiger partial charge on any atom is -0.378 e. The van der Waals surface area contributed by atoms with Crippen molar-refractivity contribution in [1.29, 1.82) is 0 Å². The van der Waals surface area contributed by atoms with Gasteiger partial charge in [0, 0.05) is 10.6 Å². The van der Waals surface area contributed by atoms with Crippen LogP contribution in [0.5, 0.6) is 0 Å². The molecular formula is C19H22FN3OS. The number of aromatic amines is 1. The van der Waals surface area contributed by atoms with Gasteiger partial charge in [-0.25, -0.2) is 9.37 Å². The second-order valence-electron chi connectivity index (χ2n) is 6.41. The number of benzene rings is 1. The Labute approximate surface area is 150 Å². The first-order valence-electron chi connectivity index (χ1n) is 8.48. The van der Waals surface area contributed by atoms with Crippen molar-refractivity contribution in [1.82, 2.24) is 9.97 Å². The molecule has 0 aliphatic heterocycles. The Kier molecular flexibility index (Phi) is 5.18. The zero-order chi connectivity index (χ0) is 18.0. The van der Waals surface area contributed by atoms with E-state index in [-0.39, 0.29) is 11.4 Å². The Morgan fingerprint density at radius 2 is 2.04 bits per heavy atom. The SMILES string of the molecule is CC[C@@H](C)Cc1c(C)sc2nc(CNc3ccc(F)cc3)[nH]c(=O)c12. The van der Waals surface area contributed by atoms with Crippen molar-refractivity contribution in [3.05, 3.63) is 56.7 Å². The van der Waals surface area contributed by atoms with Crippen molar-refractivity contribution < 1.29 is 4.39 Å². The molecule has 0 saturated heterocycles. The van der Waals surface area contributed by atoms with Crippen LogP contribution in [0.25, 0.3) is 10.2 Å². The van der Waals surface area contributed by atoms with Gasteiger partial charge in [-0.2, -0.15) is 0 Å². The number of aromatic nitrogens is 2. The number of rotatable bonds is 6. The van der Waals surface area contributed by atoms with Crippen LogP contribution < -0.4 is 10.9 Å². The maximum atomic E-state index is 12.9. The molecule has 0 aliphatic carbocycles. The fraction of sp³-hybridized carbons (Fsp3) is 0.368. The van der Waals surface area contributed by atoms with Gasteiger partial charge in [0.15, 0.2) is 0 Å². The number of nitrogens with zero attached hydrogens (tertiary/aromatic N) is 1. The highest BCUT2D eigenvalue weighted by Gasteiger charge is 2.16. The molecule has 1 atom stereocenters. The number of nitrogens with one attached hydrogen (secondary N) is 2. The first-order chi connectivity index (χ1) is 12.0. The summed E-state index contributed by atoms with van der Waals surface area (Å²) in [5.74, 6) is 0.843. The molecule has 0 fully saturated rings. The molecule has 4 nitrogen and oxygen atoms in total. The van der Waals surface area contributed by atoms with Crippen LogP contribution in [0.1, 0.15) is 36.5 Å². The Hall–Kier alpha value is -2.21. The van der Waals surface area contributed by atoms with Crippen molar-refractivity contribution in [2.45, 2.75) is 40.2 Å². The maximum Gasteiger partial charge on any atom is 0.259 e. The van der Waals surface area contributed by atoms with Gasteiger partial charge in [0.2, 0.25) is 0 Å². The largest absolute Gasteiger partial charge is 0.378 e. The lowest BCUT2D eigenvalue weighted by Gasteiger charge is -2.08. The van der Waals surface area contributed by atoms with Gasteiger partial charge in [0.25, 0.3) is 5.56 Å². The van der Waals surface area contributed by atoms with Crippen LogP contribution in [0.3, 0.4) is 0 Å². The Morgan fingerprint density at radius 3 is 2.72 bits per heavy atom. The van der Waals surface area contributed by atoms with Crippen molar-refractivity contribution in [3.63, 3.8) is 0 Å².